The quantitative estimate of drug-likeness (QED) is 0.445. The minimum atomic E-state index is -5.01. The number of thiazole rings is 1. The van der Waals surface area contributed by atoms with E-state index in [1.54, 1.807) is 30.3 Å². The number of amides is 1. The SMILES string of the molecule is CCC(C)c1nc(NC(=O)C(F)(F)F)sc1-c1ccnc(Nc2cccc(C(C)=O)c2)n1. The van der Waals surface area contributed by atoms with E-state index in [4.69, 9.17) is 0 Å². The van der Waals surface area contributed by atoms with Crippen LogP contribution < -0.4 is 10.6 Å². The summed E-state index contributed by atoms with van der Waals surface area (Å²) in [4.78, 5) is 36.3. The zero-order chi connectivity index (χ0) is 23.5. The first-order chi connectivity index (χ1) is 15.1. The Labute approximate surface area is 186 Å². The van der Waals surface area contributed by atoms with Crippen LogP contribution in [0.15, 0.2) is 36.5 Å². The molecule has 0 aliphatic carbocycles. The van der Waals surface area contributed by atoms with E-state index in [0.717, 1.165) is 11.3 Å². The lowest BCUT2D eigenvalue weighted by Gasteiger charge is -2.10. The van der Waals surface area contributed by atoms with E-state index < -0.39 is 12.1 Å². The van der Waals surface area contributed by atoms with Crippen LogP contribution in [0.2, 0.25) is 0 Å². The van der Waals surface area contributed by atoms with Gasteiger partial charge < -0.3 is 5.32 Å². The highest BCUT2D eigenvalue weighted by atomic mass is 32.1. The summed E-state index contributed by atoms with van der Waals surface area (Å²) in [6.07, 6.45) is -2.81. The summed E-state index contributed by atoms with van der Waals surface area (Å²) < 4.78 is 37.9. The standard InChI is InChI=1S/C21H20F3N5O2S/c1-4-11(2)16-17(32-20(28-16)29-18(31)21(22,23)24)15-8-9-25-19(27-15)26-14-7-5-6-13(10-14)12(3)30/h5-11H,4H2,1-3H3,(H,25,26,27)(H,28,29,31). The van der Waals surface area contributed by atoms with Crippen LogP contribution in [0.5, 0.6) is 0 Å². The van der Waals surface area contributed by atoms with Gasteiger partial charge in [-0.2, -0.15) is 13.2 Å². The lowest BCUT2D eigenvalue weighted by atomic mass is 10.0. The highest BCUT2D eigenvalue weighted by Crippen LogP contribution is 2.38. The zero-order valence-electron chi connectivity index (χ0n) is 17.4. The number of nitrogens with one attached hydrogen (secondary N) is 2. The van der Waals surface area contributed by atoms with Crippen LogP contribution in [0.4, 0.5) is 29.9 Å². The molecule has 2 heterocycles. The van der Waals surface area contributed by atoms with Crippen LogP contribution in [0.1, 0.15) is 49.2 Å². The fourth-order valence-corrected chi connectivity index (χ4v) is 3.81. The van der Waals surface area contributed by atoms with Crippen molar-refractivity contribution in [3.05, 3.63) is 47.8 Å². The summed E-state index contributed by atoms with van der Waals surface area (Å²) in [5.41, 5.74) is 2.13. The van der Waals surface area contributed by atoms with Crippen molar-refractivity contribution in [3.63, 3.8) is 0 Å². The van der Waals surface area contributed by atoms with Crippen LogP contribution in [-0.2, 0) is 4.79 Å². The zero-order valence-corrected chi connectivity index (χ0v) is 18.3. The molecule has 0 radical (unpaired) electrons. The first-order valence-corrected chi connectivity index (χ1v) is 10.5. The summed E-state index contributed by atoms with van der Waals surface area (Å²) in [7, 11) is 0. The number of rotatable bonds is 7. The third-order valence-electron chi connectivity index (χ3n) is 4.62. The number of carbonyl (C=O) groups is 2. The molecule has 3 rings (SSSR count). The largest absolute Gasteiger partial charge is 0.471 e. The summed E-state index contributed by atoms with van der Waals surface area (Å²) in [6.45, 7) is 5.28. The Morgan fingerprint density at radius 2 is 1.94 bits per heavy atom. The van der Waals surface area contributed by atoms with E-state index in [-0.39, 0.29) is 22.8 Å². The molecule has 1 amide bonds. The maximum absolute atomic E-state index is 12.6. The van der Waals surface area contributed by atoms with Gasteiger partial charge in [0.1, 0.15) is 0 Å². The van der Waals surface area contributed by atoms with Gasteiger partial charge >= 0.3 is 12.1 Å². The molecule has 1 atom stereocenters. The van der Waals surface area contributed by atoms with Gasteiger partial charge in [0.2, 0.25) is 5.95 Å². The molecule has 7 nitrogen and oxygen atoms in total. The lowest BCUT2D eigenvalue weighted by molar-refractivity contribution is -0.167. The van der Waals surface area contributed by atoms with Gasteiger partial charge in [-0.3, -0.25) is 14.9 Å². The molecule has 0 aliphatic heterocycles. The normalized spacial score (nSPS) is 12.3. The first-order valence-electron chi connectivity index (χ1n) is 9.68. The molecule has 168 valence electrons. The number of ketones is 1. The smallest absolute Gasteiger partial charge is 0.324 e. The van der Waals surface area contributed by atoms with Gasteiger partial charge in [0.05, 0.1) is 16.3 Å². The molecule has 0 fully saturated rings. The summed E-state index contributed by atoms with van der Waals surface area (Å²) in [5, 5.41) is 4.68. The fraction of sp³-hybridized carbons (Fsp3) is 0.286. The van der Waals surface area contributed by atoms with E-state index in [2.05, 4.69) is 20.3 Å². The third-order valence-corrected chi connectivity index (χ3v) is 5.63. The Balaban J connectivity index is 1.94. The molecular formula is C21H20F3N5O2S. The fourth-order valence-electron chi connectivity index (χ4n) is 2.75. The van der Waals surface area contributed by atoms with Crippen LogP contribution in [0.25, 0.3) is 10.6 Å². The van der Waals surface area contributed by atoms with Gasteiger partial charge in [0.25, 0.3) is 0 Å². The average molecular weight is 463 g/mol. The van der Waals surface area contributed by atoms with Crippen LogP contribution >= 0.6 is 11.3 Å². The number of anilines is 3. The van der Waals surface area contributed by atoms with Gasteiger partial charge in [0.15, 0.2) is 10.9 Å². The van der Waals surface area contributed by atoms with E-state index in [9.17, 15) is 22.8 Å². The average Bonchev–Trinajstić information content (AvgIpc) is 3.16. The van der Waals surface area contributed by atoms with Crippen LogP contribution in [0, 0.1) is 0 Å². The lowest BCUT2D eigenvalue weighted by Crippen LogP contribution is -2.29. The van der Waals surface area contributed by atoms with E-state index in [1.165, 1.54) is 13.1 Å². The highest BCUT2D eigenvalue weighted by Gasteiger charge is 2.39. The second kappa shape index (κ2) is 9.43. The summed E-state index contributed by atoms with van der Waals surface area (Å²) in [6, 6.07) is 8.46. The minimum absolute atomic E-state index is 0.0728. The second-order valence-corrected chi connectivity index (χ2v) is 8.02. The molecule has 3 aromatic rings. The Hall–Kier alpha value is -3.34. The summed E-state index contributed by atoms with van der Waals surface area (Å²) in [5.74, 6) is -1.99. The Morgan fingerprint density at radius 3 is 2.59 bits per heavy atom. The number of benzene rings is 1. The molecule has 11 heteroatoms. The van der Waals surface area contributed by atoms with Crippen LogP contribution in [-0.4, -0.2) is 32.8 Å². The topological polar surface area (TPSA) is 96.9 Å². The van der Waals surface area contributed by atoms with Gasteiger partial charge in [-0.25, -0.2) is 15.0 Å². The van der Waals surface area contributed by atoms with E-state index in [1.807, 2.05) is 19.2 Å². The highest BCUT2D eigenvalue weighted by molar-refractivity contribution is 7.19. The molecule has 2 N–H and O–H groups in total. The van der Waals surface area contributed by atoms with Gasteiger partial charge in [-0.1, -0.05) is 37.3 Å². The first kappa shape index (κ1) is 23.3. The molecule has 1 unspecified atom stereocenters. The molecular weight excluding hydrogens is 443 g/mol. The molecule has 0 bridgehead atoms. The molecule has 0 aliphatic rings. The van der Waals surface area contributed by atoms with Gasteiger partial charge in [-0.15, -0.1) is 0 Å². The molecule has 0 saturated heterocycles. The van der Waals surface area contributed by atoms with E-state index in [0.29, 0.717) is 33.9 Å². The number of hydrogen-bond donors (Lipinski definition) is 2. The third kappa shape index (κ3) is 5.47. The van der Waals surface area contributed by atoms with Crippen molar-refractivity contribution in [2.75, 3.05) is 10.6 Å². The maximum atomic E-state index is 12.6. The number of halogens is 3. The molecule has 0 saturated carbocycles. The van der Waals surface area contributed by atoms with Crippen LogP contribution in [0.3, 0.4) is 0 Å². The number of nitrogens with zero attached hydrogens (tertiary/aromatic N) is 3. The van der Waals surface area contributed by atoms with Crippen molar-refractivity contribution in [3.8, 4) is 10.6 Å². The number of aromatic nitrogens is 3. The molecule has 32 heavy (non-hydrogen) atoms. The Bertz CT molecular complexity index is 1150. The van der Waals surface area contributed by atoms with Crippen molar-refractivity contribution in [2.45, 2.75) is 39.3 Å². The number of hydrogen-bond acceptors (Lipinski definition) is 7. The monoisotopic (exact) mass is 463 g/mol. The van der Waals surface area contributed by atoms with Crippen molar-refractivity contribution in [1.82, 2.24) is 15.0 Å². The number of carbonyl (C=O) groups excluding carboxylic acids is 2. The molecule has 2 aromatic heterocycles. The number of Topliss-reactive ketones (excluding diaryl/α,β-unsaturated/α-hetero) is 1. The predicted octanol–water partition coefficient (Wildman–Crippen LogP) is 5.56. The molecule has 1 aromatic carbocycles. The van der Waals surface area contributed by atoms with E-state index >= 15 is 0 Å². The Kier molecular flexibility index (Phi) is 6.87. The summed E-state index contributed by atoms with van der Waals surface area (Å²) >= 11 is 0.916. The second-order valence-electron chi connectivity index (χ2n) is 7.02. The minimum Gasteiger partial charge on any atom is -0.324 e. The van der Waals surface area contributed by atoms with Gasteiger partial charge in [0, 0.05) is 17.4 Å². The predicted molar refractivity (Wildman–Crippen MR) is 116 cm³/mol. The number of alkyl halides is 3. The van der Waals surface area contributed by atoms with Crippen molar-refractivity contribution >= 4 is 39.8 Å². The molecule has 0 spiro atoms. The van der Waals surface area contributed by atoms with Crippen molar-refractivity contribution in [2.24, 2.45) is 0 Å². The van der Waals surface area contributed by atoms with Crippen molar-refractivity contribution < 1.29 is 22.8 Å². The van der Waals surface area contributed by atoms with Gasteiger partial charge in [-0.05, 0) is 37.5 Å². The maximum Gasteiger partial charge on any atom is 0.471 e. The Morgan fingerprint density at radius 1 is 1.19 bits per heavy atom. The van der Waals surface area contributed by atoms with Crippen molar-refractivity contribution in [1.29, 1.82) is 0 Å².